The molecule has 31 heavy (non-hydrogen) atoms. The molecule has 12 heteroatoms. The number of nitrogens with one attached hydrogen (secondary N) is 1. The van der Waals surface area contributed by atoms with Crippen molar-refractivity contribution in [2.45, 2.75) is 37.6 Å². The highest BCUT2D eigenvalue weighted by atomic mass is 35.5. The zero-order chi connectivity index (χ0) is 21.4. The van der Waals surface area contributed by atoms with Gasteiger partial charge in [-0.05, 0) is 30.7 Å². The van der Waals surface area contributed by atoms with Crippen LogP contribution in [0.25, 0.3) is 11.0 Å². The van der Waals surface area contributed by atoms with Gasteiger partial charge < -0.3 is 24.6 Å². The van der Waals surface area contributed by atoms with Crippen molar-refractivity contribution in [3.8, 4) is 0 Å². The Kier molecular flexibility index (Phi) is 7.61. The molecule has 1 aliphatic rings. The smallest absolute Gasteiger partial charge is 0.164 e. The first-order chi connectivity index (χ1) is 14.4. The van der Waals surface area contributed by atoms with Gasteiger partial charge in [-0.3, -0.25) is 4.84 Å². The van der Waals surface area contributed by atoms with Crippen LogP contribution in [0.15, 0.2) is 36.8 Å². The van der Waals surface area contributed by atoms with Gasteiger partial charge >= 0.3 is 0 Å². The molecule has 4 N–H and O–H groups in total. The molecule has 0 spiro atoms. The minimum Gasteiger partial charge on any atom is -0.387 e. The lowest BCUT2D eigenvalue weighted by atomic mass is 9.99. The maximum Gasteiger partial charge on any atom is 0.164 e. The molecular weight excluding hydrogens is 471 g/mol. The Bertz CT molecular complexity index is 1050. The number of ether oxygens (including phenoxy) is 1. The molecule has 3 heterocycles. The normalized spacial score (nSPS) is 24.2. The maximum absolute atomic E-state index is 10.7. The lowest BCUT2D eigenvalue weighted by molar-refractivity contribution is -0.0848. The molecule has 1 aliphatic heterocycles. The molecule has 0 unspecified atom stereocenters. The zero-order valence-electron chi connectivity index (χ0n) is 16.2. The summed E-state index contributed by atoms with van der Waals surface area (Å²) in [5.41, 5.74) is 3.61. The molecule has 2 aromatic heterocycles. The van der Waals surface area contributed by atoms with Crippen molar-refractivity contribution in [1.29, 1.82) is 0 Å². The van der Waals surface area contributed by atoms with Gasteiger partial charge in [0.1, 0.15) is 36.4 Å². The number of rotatable bonds is 6. The van der Waals surface area contributed by atoms with Crippen LogP contribution in [-0.2, 0) is 9.57 Å². The van der Waals surface area contributed by atoms with Crippen molar-refractivity contribution in [2.24, 2.45) is 0 Å². The van der Waals surface area contributed by atoms with Crippen LogP contribution in [0.1, 0.15) is 24.8 Å². The van der Waals surface area contributed by atoms with Crippen LogP contribution in [-0.4, -0.2) is 54.8 Å². The number of halogens is 3. The number of anilines is 1. The van der Waals surface area contributed by atoms with E-state index >= 15 is 0 Å². The highest BCUT2D eigenvalue weighted by molar-refractivity contribution is 6.42. The highest BCUT2D eigenvalue weighted by Gasteiger charge is 2.47. The minimum atomic E-state index is -1.35. The molecular formula is C19H21Cl3N4O5. The first kappa shape index (κ1) is 24.0. The Labute approximate surface area is 193 Å². The van der Waals surface area contributed by atoms with E-state index in [4.69, 9.17) is 32.8 Å². The molecule has 0 saturated carbocycles. The average molecular weight is 492 g/mol. The molecule has 1 saturated heterocycles. The Morgan fingerprint density at radius 3 is 2.68 bits per heavy atom. The van der Waals surface area contributed by atoms with Crippen LogP contribution in [0.2, 0.25) is 10.0 Å². The molecule has 1 aromatic carbocycles. The summed E-state index contributed by atoms with van der Waals surface area (Å²) in [5.74, 6) is 0.459. The molecule has 0 bridgehead atoms. The summed E-state index contributed by atoms with van der Waals surface area (Å²) in [6, 6.07) is 6.36. The van der Waals surface area contributed by atoms with Crippen molar-refractivity contribution < 1.29 is 24.9 Å². The van der Waals surface area contributed by atoms with E-state index in [2.05, 4.69) is 15.4 Å². The van der Waals surface area contributed by atoms with Crippen LogP contribution in [0.4, 0.5) is 5.82 Å². The fourth-order valence-corrected chi connectivity index (χ4v) is 3.77. The molecule has 5 atom stereocenters. The second kappa shape index (κ2) is 9.85. The number of benzene rings is 1. The predicted molar refractivity (Wildman–Crippen MR) is 117 cm³/mol. The highest BCUT2D eigenvalue weighted by Crippen LogP contribution is 2.38. The second-order valence-corrected chi connectivity index (χ2v) is 7.62. The number of nitrogens with zero attached hydrogens (tertiary/aromatic N) is 3. The van der Waals surface area contributed by atoms with Gasteiger partial charge in [0.25, 0.3) is 0 Å². The van der Waals surface area contributed by atoms with E-state index in [-0.39, 0.29) is 17.4 Å². The van der Waals surface area contributed by atoms with Crippen LogP contribution in [0, 0.1) is 0 Å². The summed E-state index contributed by atoms with van der Waals surface area (Å²) < 4.78 is 7.44. The van der Waals surface area contributed by atoms with Crippen LogP contribution in [0.3, 0.4) is 0 Å². The van der Waals surface area contributed by atoms with Crippen molar-refractivity contribution in [3.05, 3.63) is 52.4 Å². The second-order valence-electron chi connectivity index (χ2n) is 6.81. The van der Waals surface area contributed by atoms with E-state index in [9.17, 15) is 15.3 Å². The van der Waals surface area contributed by atoms with Crippen molar-refractivity contribution >= 4 is 52.5 Å². The number of aliphatic hydroxyl groups is 3. The molecule has 0 radical (unpaired) electrons. The quantitative estimate of drug-likeness (QED) is 0.388. The fourth-order valence-electron chi connectivity index (χ4n) is 3.46. The third-order valence-corrected chi connectivity index (χ3v) is 5.71. The van der Waals surface area contributed by atoms with Crippen molar-refractivity contribution in [2.75, 3.05) is 12.1 Å². The first-order valence-corrected chi connectivity index (χ1v) is 10.0. The van der Waals surface area contributed by atoms with Crippen LogP contribution >= 0.6 is 35.6 Å². The zero-order valence-corrected chi connectivity index (χ0v) is 18.6. The summed E-state index contributed by atoms with van der Waals surface area (Å²) in [7, 11) is 0. The van der Waals surface area contributed by atoms with E-state index in [1.54, 1.807) is 29.0 Å². The van der Waals surface area contributed by atoms with Gasteiger partial charge in [-0.2, -0.15) is 0 Å². The van der Waals surface area contributed by atoms with Gasteiger partial charge in [0.15, 0.2) is 12.0 Å². The Morgan fingerprint density at radius 2 is 1.97 bits per heavy atom. The third kappa shape index (κ3) is 4.46. The monoisotopic (exact) mass is 490 g/mol. The summed E-state index contributed by atoms with van der Waals surface area (Å²) in [6.07, 6.45) is -2.95. The standard InChI is InChI=1S/C19H20Cl2N4O5.ClH/c1-2-29-24-17-10-5-6-25(18(10)23-8-22-17)19-15(28)14(27)16(30-19)13(26)9-3-4-11(20)12(21)7-9;/h3-8,13-16,19,26-28H,2H2,1H3,(H,22,23,24);1H/t13-,14+,15-,16-,19-;/m1./s1. The van der Waals surface area contributed by atoms with Gasteiger partial charge in [-0.25, -0.2) is 15.4 Å². The third-order valence-electron chi connectivity index (χ3n) is 4.97. The molecule has 1 fully saturated rings. The molecule has 0 amide bonds. The Hall–Kier alpha value is -1.69. The molecule has 4 rings (SSSR count). The maximum atomic E-state index is 10.7. The molecule has 9 nitrogen and oxygen atoms in total. The first-order valence-electron chi connectivity index (χ1n) is 9.26. The minimum absolute atomic E-state index is 0. The number of aliphatic hydroxyl groups excluding tert-OH is 3. The lowest BCUT2D eigenvalue weighted by Crippen LogP contribution is -2.34. The van der Waals surface area contributed by atoms with Crippen LogP contribution in [0.5, 0.6) is 0 Å². The number of aromatic nitrogens is 3. The molecule has 0 aliphatic carbocycles. The lowest BCUT2D eigenvalue weighted by Gasteiger charge is -2.21. The SMILES string of the molecule is CCONc1ncnc2c1ccn2[C@@H]1O[C@H]([C@H](O)c2ccc(Cl)c(Cl)c2)[C@@H](O)[C@H]1O.Cl. The molecule has 168 valence electrons. The van der Waals surface area contributed by atoms with Gasteiger partial charge in [0.05, 0.1) is 22.0 Å². The van der Waals surface area contributed by atoms with E-state index in [1.807, 2.05) is 6.92 Å². The Morgan fingerprint density at radius 1 is 1.19 bits per heavy atom. The number of hydrogen-bond donors (Lipinski definition) is 4. The summed E-state index contributed by atoms with van der Waals surface area (Å²) in [5, 5.41) is 33.2. The van der Waals surface area contributed by atoms with Gasteiger partial charge in [-0.15, -0.1) is 12.4 Å². The van der Waals surface area contributed by atoms with E-state index in [0.717, 1.165) is 0 Å². The topological polar surface area (TPSA) is 122 Å². The van der Waals surface area contributed by atoms with Crippen molar-refractivity contribution in [3.63, 3.8) is 0 Å². The summed E-state index contributed by atoms with van der Waals surface area (Å²) in [4.78, 5) is 13.6. The predicted octanol–water partition coefficient (Wildman–Crippen LogP) is 2.88. The largest absolute Gasteiger partial charge is 0.387 e. The van der Waals surface area contributed by atoms with Gasteiger partial charge in [-0.1, -0.05) is 29.3 Å². The Balaban J connectivity index is 0.00000272. The van der Waals surface area contributed by atoms with Gasteiger partial charge in [0, 0.05) is 6.20 Å². The van der Waals surface area contributed by atoms with Crippen molar-refractivity contribution in [1.82, 2.24) is 14.5 Å². The average Bonchev–Trinajstić information content (AvgIpc) is 3.30. The fraction of sp³-hybridized carbons (Fsp3) is 0.368. The van der Waals surface area contributed by atoms with Crippen LogP contribution < -0.4 is 5.48 Å². The van der Waals surface area contributed by atoms with E-state index in [0.29, 0.717) is 34.0 Å². The number of fused-ring (bicyclic) bond motifs is 1. The summed E-state index contributed by atoms with van der Waals surface area (Å²) in [6.45, 7) is 2.27. The van der Waals surface area contributed by atoms with Gasteiger partial charge in [0.2, 0.25) is 0 Å². The number of hydrogen-bond acceptors (Lipinski definition) is 8. The van der Waals surface area contributed by atoms with E-state index < -0.39 is 30.6 Å². The van der Waals surface area contributed by atoms with E-state index in [1.165, 1.54) is 12.4 Å². The molecule has 3 aromatic rings. The summed E-state index contributed by atoms with van der Waals surface area (Å²) >= 11 is 11.9.